The third-order valence-electron chi connectivity index (χ3n) is 2.18. The summed E-state index contributed by atoms with van der Waals surface area (Å²) < 4.78 is 9.24. The van der Waals surface area contributed by atoms with Crippen molar-refractivity contribution in [3.05, 3.63) is 36.0 Å². The van der Waals surface area contributed by atoms with Crippen molar-refractivity contribution in [1.29, 1.82) is 0 Å². The van der Waals surface area contributed by atoms with Crippen LogP contribution in [-0.2, 0) is 4.29 Å². The fourth-order valence-corrected chi connectivity index (χ4v) is 1.52. The Hall–Kier alpha value is -1.81. The van der Waals surface area contributed by atoms with Crippen molar-refractivity contribution >= 4 is 28.7 Å². The second-order valence-corrected chi connectivity index (χ2v) is 3.25. The molecule has 0 atom stereocenters. The molecule has 1 aromatic carbocycles. The fourth-order valence-electron chi connectivity index (χ4n) is 1.44. The van der Waals surface area contributed by atoms with E-state index in [1.165, 1.54) is 0 Å². The van der Waals surface area contributed by atoms with E-state index in [-0.39, 0.29) is 5.69 Å². The van der Waals surface area contributed by atoms with Crippen LogP contribution in [0.5, 0.6) is 5.75 Å². The number of pyridine rings is 1. The molecule has 5 heteroatoms. The number of methoxy groups -OCH3 is 1. The van der Waals surface area contributed by atoms with Gasteiger partial charge in [-0.15, -0.1) is 0 Å². The van der Waals surface area contributed by atoms with E-state index in [2.05, 4.69) is 9.27 Å². The molecule has 0 saturated carbocycles. The first kappa shape index (κ1) is 10.7. The SMILES string of the molecule is COc1cccc2ccc(C(=O)OCl)nc12. The van der Waals surface area contributed by atoms with Gasteiger partial charge >= 0.3 is 5.97 Å². The van der Waals surface area contributed by atoms with Gasteiger partial charge in [-0.1, -0.05) is 18.2 Å². The van der Waals surface area contributed by atoms with E-state index in [0.717, 1.165) is 5.39 Å². The van der Waals surface area contributed by atoms with Gasteiger partial charge in [0.15, 0.2) is 5.69 Å². The summed E-state index contributed by atoms with van der Waals surface area (Å²) in [5, 5.41) is 0.880. The van der Waals surface area contributed by atoms with Gasteiger partial charge in [0.2, 0.25) is 0 Å². The molecule has 0 aliphatic heterocycles. The van der Waals surface area contributed by atoms with Crippen LogP contribution in [0.1, 0.15) is 10.5 Å². The van der Waals surface area contributed by atoms with Gasteiger partial charge in [0.25, 0.3) is 0 Å². The smallest absolute Gasteiger partial charge is 0.374 e. The Bertz CT molecular complexity index is 542. The molecule has 82 valence electrons. The van der Waals surface area contributed by atoms with Crippen LogP contribution in [0.15, 0.2) is 30.3 Å². The summed E-state index contributed by atoms with van der Waals surface area (Å²) in [6.45, 7) is 0. The molecule has 4 nitrogen and oxygen atoms in total. The highest BCUT2D eigenvalue weighted by Crippen LogP contribution is 2.23. The standard InChI is InChI=1S/C11H8ClNO3/c1-15-9-4-2-3-7-5-6-8(11(14)16-12)13-10(7)9/h2-6H,1H3. The Labute approximate surface area is 96.9 Å². The monoisotopic (exact) mass is 237 g/mol. The Morgan fingerprint density at radius 1 is 1.31 bits per heavy atom. The number of rotatable bonds is 2. The highest BCUT2D eigenvalue weighted by atomic mass is 35.5. The Balaban J connectivity index is 2.63. The maximum Gasteiger partial charge on any atom is 0.374 e. The number of hydrogen-bond acceptors (Lipinski definition) is 4. The lowest BCUT2D eigenvalue weighted by molar-refractivity contribution is 0.0745. The quantitative estimate of drug-likeness (QED) is 0.805. The molecule has 2 aromatic rings. The molecule has 0 unspecified atom stereocenters. The van der Waals surface area contributed by atoms with E-state index in [0.29, 0.717) is 11.3 Å². The molecule has 0 fully saturated rings. The van der Waals surface area contributed by atoms with Crippen molar-refractivity contribution in [2.24, 2.45) is 0 Å². The lowest BCUT2D eigenvalue weighted by Gasteiger charge is -2.04. The zero-order chi connectivity index (χ0) is 11.5. The summed E-state index contributed by atoms with van der Waals surface area (Å²) in [6.07, 6.45) is 0. The van der Waals surface area contributed by atoms with Crippen LogP contribution in [0, 0.1) is 0 Å². The Morgan fingerprint density at radius 2 is 2.12 bits per heavy atom. The molecule has 0 radical (unpaired) electrons. The van der Waals surface area contributed by atoms with Gasteiger partial charge in [0.05, 0.1) is 7.11 Å². The topological polar surface area (TPSA) is 48.4 Å². The van der Waals surface area contributed by atoms with Crippen LogP contribution in [0.3, 0.4) is 0 Å². The molecule has 16 heavy (non-hydrogen) atoms. The van der Waals surface area contributed by atoms with Crippen molar-refractivity contribution in [1.82, 2.24) is 4.98 Å². The van der Waals surface area contributed by atoms with E-state index in [4.69, 9.17) is 16.6 Å². The Kier molecular flexibility index (Phi) is 2.92. The van der Waals surface area contributed by atoms with Crippen LogP contribution in [0.4, 0.5) is 0 Å². The summed E-state index contributed by atoms with van der Waals surface area (Å²) in [7, 11) is 1.54. The van der Waals surface area contributed by atoms with Gasteiger partial charge in [-0.2, -0.15) is 0 Å². The summed E-state index contributed by atoms with van der Waals surface area (Å²) >= 11 is 4.99. The maximum atomic E-state index is 11.2. The third kappa shape index (κ3) is 1.79. The molecule has 0 N–H and O–H groups in total. The van der Waals surface area contributed by atoms with Crippen LogP contribution in [0.25, 0.3) is 10.9 Å². The van der Waals surface area contributed by atoms with Crippen LogP contribution >= 0.6 is 11.9 Å². The van der Waals surface area contributed by atoms with Crippen molar-refractivity contribution in [2.75, 3.05) is 7.11 Å². The number of aromatic nitrogens is 1. The highest BCUT2D eigenvalue weighted by molar-refractivity contribution is 6.15. The first-order valence-electron chi connectivity index (χ1n) is 4.53. The lowest BCUT2D eigenvalue weighted by Crippen LogP contribution is -2.01. The van der Waals surface area contributed by atoms with Crippen molar-refractivity contribution in [3.8, 4) is 5.75 Å². The van der Waals surface area contributed by atoms with Crippen LogP contribution < -0.4 is 4.74 Å². The zero-order valence-corrected chi connectivity index (χ0v) is 9.19. The van der Waals surface area contributed by atoms with Crippen LogP contribution in [0.2, 0.25) is 0 Å². The largest absolute Gasteiger partial charge is 0.494 e. The average molecular weight is 238 g/mol. The van der Waals surface area contributed by atoms with E-state index in [1.807, 2.05) is 12.1 Å². The molecular formula is C11H8ClNO3. The van der Waals surface area contributed by atoms with E-state index in [9.17, 15) is 4.79 Å². The van der Waals surface area contributed by atoms with Gasteiger partial charge in [0.1, 0.15) is 23.1 Å². The summed E-state index contributed by atoms with van der Waals surface area (Å²) in [5.41, 5.74) is 0.747. The highest BCUT2D eigenvalue weighted by Gasteiger charge is 2.10. The summed E-state index contributed by atoms with van der Waals surface area (Å²) in [5.74, 6) is -0.0869. The molecule has 0 spiro atoms. The van der Waals surface area contributed by atoms with Crippen molar-refractivity contribution < 1.29 is 13.8 Å². The normalized spacial score (nSPS) is 10.1. The van der Waals surface area contributed by atoms with Gasteiger partial charge in [-0.3, -0.25) is 0 Å². The number of hydrogen-bond donors (Lipinski definition) is 0. The molecular weight excluding hydrogens is 230 g/mol. The molecule has 0 bridgehead atoms. The van der Waals surface area contributed by atoms with Gasteiger partial charge in [-0.05, 0) is 12.1 Å². The summed E-state index contributed by atoms with van der Waals surface area (Å²) in [4.78, 5) is 15.3. The number of fused-ring (bicyclic) bond motifs is 1. The number of benzene rings is 1. The second kappa shape index (κ2) is 4.37. The minimum absolute atomic E-state index is 0.145. The number of carbonyl (C=O) groups is 1. The second-order valence-electron chi connectivity index (χ2n) is 3.09. The molecule has 0 aliphatic carbocycles. The van der Waals surface area contributed by atoms with Gasteiger partial charge < -0.3 is 9.03 Å². The fraction of sp³-hybridized carbons (Fsp3) is 0.0909. The minimum Gasteiger partial charge on any atom is -0.494 e. The van der Waals surface area contributed by atoms with Gasteiger partial charge in [-0.25, -0.2) is 9.78 Å². The van der Waals surface area contributed by atoms with E-state index in [1.54, 1.807) is 25.3 Å². The lowest BCUT2D eigenvalue weighted by atomic mass is 10.2. The molecule has 2 rings (SSSR count). The molecule has 1 heterocycles. The van der Waals surface area contributed by atoms with Crippen LogP contribution in [-0.4, -0.2) is 18.1 Å². The maximum absolute atomic E-state index is 11.2. The molecule has 0 saturated heterocycles. The first-order chi connectivity index (χ1) is 7.76. The molecule has 0 amide bonds. The average Bonchev–Trinajstić information content (AvgIpc) is 2.36. The Morgan fingerprint density at radius 3 is 2.81 bits per heavy atom. The first-order valence-corrected chi connectivity index (χ1v) is 4.84. The molecule has 1 aromatic heterocycles. The molecule has 0 aliphatic rings. The zero-order valence-electron chi connectivity index (χ0n) is 8.44. The predicted octanol–water partition coefficient (Wildman–Crippen LogP) is 2.55. The number of carbonyl (C=O) groups excluding carboxylic acids is 1. The van der Waals surface area contributed by atoms with E-state index < -0.39 is 5.97 Å². The number of ether oxygens (including phenoxy) is 1. The van der Waals surface area contributed by atoms with Crippen molar-refractivity contribution in [3.63, 3.8) is 0 Å². The number of para-hydroxylation sites is 1. The van der Waals surface area contributed by atoms with E-state index >= 15 is 0 Å². The number of nitrogens with zero attached hydrogens (tertiary/aromatic N) is 1. The van der Waals surface area contributed by atoms with Gasteiger partial charge in [0, 0.05) is 5.39 Å². The van der Waals surface area contributed by atoms with Crippen molar-refractivity contribution in [2.45, 2.75) is 0 Å². The number of halogens is 1. The predicted molar refractivity (Wildman–Crippen MR) is 59.6 cm³/mol. The third-order valence-corrected chi connectivity index (χ3v) is 2.32. The minimum atomic E-state index is -0.686. The summed E-state index contributed by atoms with van der Waals surface area (Å²) in [6, 6.07) is 8.80.